The third kappa shape index (κ3) is 6.24. The number of hydrogen-bond donors (Lipinski definition) is 2. The molecule has 6 heteroatoms. The van der Waals surface area contributed by atoms with Gasteiger partial charge in [-0.1, -0.05) is 26.2 Å². The van der Waals surface area contributed by atoms with E-state index in [2.05, 4.69) is 11.7 Å². The molecule has 122 valence electrons. The van der Waals surface area contributed by atoms with Crippen LogP contribution in [0, 0.1) is 0 Å². The summed E-state index contributed by atoms with van der Waals surface area (Å²) in [6.07, 6.45) is 2.55. The minimum Gasteiger partial charge on any atom is -0.462 e. The van der Waals surface area contributed by atoms with Crippen LogP contribution in [0.25, 0.3) is 0 Å². The van der Waals surface area contributed by atoms with Crippen LogP contribution in [0.15, 0.2) is 24.3 Å². The van der Waals surface area contributed by atoms with Crippen LogP contribution in [0.5, 0.6) is 0 Å². The first kappa shape index (κ1) is 18.1. The predicted molar refractivity (Wildman–Crippen MR) is 79.4 cm³/mol. The van der Waals surface area contributed by atoms with Crippen molar-refractivity contribution in [2.45, 2.75) is 38.9 Å². The number of benzene rings is 1. The van der Waals surface area contributed by atoms with Crippen LogP contribution in [0.2, 0.25) is 0 Å². The van der Waals surface area contributed by atoms with E-state index in [1.165, 1.54) is 24.3 Å². The van der Waals surface area contributed by atoms with E-state index < -0.39 is 24.8 Å². The van der Waals surface area contributed by atoms with Gasteiger partial charge in [0.2, 0.25) is 6.29 Å². The molecule has 1 aromatic rings. The molecule has 0 fully saturated rings. The number of carbonyl (C=O) groups is 2. The summed E-state index contributed by atoms with van der Waals surface area (Å²) in [7, 11) is 0. The van der Waals surface area contributed by atoms with Crippen molar-refractivity contribution in [1.29, 1.82) is 0 Å². The smallest absolute Gasteiger partial charge is 0.340 e. The van der Waals surface area contributed by atoms with Gasteiger partial charge < -0.3 is 19.7 Å². The maximum absolute atomic E-state index is 11.8. The average molecular weight is 310 g/mol. The minimum absolute atomic E-state index is 0.173. The second-order valence-electron chi connectivity index (χ2n) is 4.82. The number of unbranched alkanes of at least 4 members (excludes halogenated alkanes) is 3. The van der Waals surface area contributed by atoms with E-state index >= 15 is 0 Å². The molecular weight excluding hydrogens is 288 g/mol. The van der Waals surface area contributed by atoms with Gasteiger partial charge in [0.05, 0.1) is 17.7 Å². The summed E-state index contributed by atoms with van der Waals surface area (Å²) in [5.41, 5.74) is 0.516. The Morgan fingerprint density at radius 2 is 1.64 bits per heavy atom. The Labute approximate surface area is 129 Å². The highest BCUT2D eigenvalue weighted by Crippen LogP contribution is 2.09. The first-order valence-corrected chi connectivity index (χ1v) is 7.35. The van der Waals surface area contributed by atoms with E-state index in [0.29, 0.717) is 12.2 Å². The number of ether oxygens (including phenoxy) is 2. The lowest BCUT2D eigenvalue weighted by Crippen LogP contribution is -2.21. The molecular formula is C16H22O6. The number of rotatable bonds is 9. The van der Waals surface area contributed by atoms with Gasteiger partial charge in [-0.3, -0.25) is 0 Å². The molecule has 0 aliphatic carbocycles. The molecule has 0 amide bonds. The van der Waals surface area contributed by atoms with E-state index in [9.17, 15) is 9.59 Å². The van der Waals surface area contributed by atoms with Crippen molar-refractivity contribution in [2.24, 2.45) is 0 Å². The Balaban J connectivity index is 2.46. The summed E-state index contributed by atoms with van der Waals surface area (Å²) in [4.78, 5) is 23.3. The fourth-order valence-corrected chi connectivity index (χ4v) is 1.75. The van der Waals surface area contributed by atoms with Gasteiger partial charge in [0.25, 0.3) is 0 Å². The lowest BCUT2D eigenvalue weighted by Gasteiger charge is -2.09. The van der Waals surface area contributed by atoms with E-state index in [4.69, 9.17) is 14.9 Å². The highest BCUT2D eigenvalue weighted by atomic mass is 16.6. The molecule has 1 rings (SSSR count). The Morgan fingerprint density at radius 3 is 2.18 bits per heavy atom. The molecule has 6 nitrogen and oxygen atoms in total. The Hall–Kier alpha value is -1.92. The summed E-state index contributed by atoms with van der Waals surface area (Å²) >= 11 is 0. The molecule has 0 heterocycles. The second kappa shape index (κ2) is 9.92. The highest BCUT2D eigenvalue weighted by Gasteiger charge is 2.14. The molecule has 0 saturated heterocycles. The zero-order valence-corrected chi connectivity index (χ0v) is 12.7. The van der Waals surface area contributed by atoms with Gasteiger partial charge >= 0.3 is 11.9 Å². The number of esters is 2. The topological polar surface area (TPSA) is 93.1 Å². The standard InChI is InChI=1S/C16H22O6/c1-2-3-4-5-10-21-15(19)12-6-8-13(9-7-12)16(20)22-14(18)11-17/h6-9,14,17-18H,2-5,10-11H2,1H3. The van der Waals surface area contributed by atoms with Gasteiger partial charge in [-0.2, -0.15) is 0 Å². The molecule has 0 bridgehead atoms. The normalized spacial score (nSPS) is 11.8. The van der Waals surface area contributed by atoms with Gasteiger partial charge in [0.15, 0.2) is 0 Å². The van der Waals surface area contributed by atoms with Crippen LogP contribution in [0.4, 0.5) is 0 Å². The average Bonchev–Trinajstić information content (AvgIpc) is 2.54. The van der Waals surface area contributed by atoms with Gasteiger partial charge in [-0.15, -0.1) is 0 Å². The number of aliphatic hydroxyl groups excluding tert-OH is 2. The van der Waals surface area contributed by atoms with Gasteiger partial charge in [-0.25, -0.2) is 9.59 Å². The molecule has 0 saturated carbocycles. The lowest BCUT2D eigenvalue weighted by atomic mass is 10.1. The van der Waals surface area contributed by atoms with Crippen LogP contribution in [-0.4, -0.2) is 41.7 Å². The third-order valence-electron chi connectivity index (χ3n) is 2.99. The molecule has 22 heavy (non-hydrogen) atoms. The van der Waals surface area contributed by atoms with Crippen LogP contribution in [0.3, 0.4) is 0 Å². The molecule has 1 atom stereocenters. The predicted octanol–water partition coefficient (Wildman–Crippen LogP) is 1.89. The monoisotopic (exact) mass is 310 g/mol. The lowest BCUT2D eigenvalue weighted by molar-refractivity contribution is -0.0904. The van der Waals surface area contributed by atoms with Crippen molar-refractivity contribution in [3.05, 3.63) is 35.4 Å². The van der Waals surface area contributed by atoms with Gasteiger partial charge in [0, 0.05) is 0 Å². The fourth-order valence-electron chi connectivity index (χ4n) is 1.75. The van der Waals surface area contributed by atoms with Crippen LogP contribution in [0.1, 0.15) is 53.3 Å². The molecule has 0 radical (unpaired) electrons. The van der Waals surface area contributed by atoms with Crippen molar-refractivity contribution >= 4 is 11.9 Å². The van der Waals surface area contributed by atoms with Crippen molar-refractivity contribution in [2.75, 3.05) is 13.2 Å². The molecule has 2 N–H and O–H groups in total. The van der Waals surface area contributed by atoms with Crippen molar-refractivity contribution < 1.29 is 29.3 Å². The Kier molecular flexibility index (Phi) is 8.17. The maximum Gasteiger partial charge on any atom is 0.340 e. The van der Waals surface area contributed by atoms with Gasteiger partial charge in [0.1, 0.15) is 6.61 Å². The first-order valence-electron chi connectivity index (χ1n) is 7.35. The van der Waals surface area contributed by atoms with Crippen LogP contribution < -0.4 is 0 Å². The fraction of sp³-hybridized carbons (Fsp3) is 0.500. The molecule has 0 aliphatic rings. The van der Waals surface area contributed by atoms with Crippen molar-refractivity contribution in [3.63, 3.8) is 0 Å². The van der Waals surface area contributed by atoms with E-state index in [0.717, 1.165) is 25.7 Å². The maximum atomic E-state index is 11.8. The Bertz CT molecular complexity index is 468. The summed E-state index contributed by atoms with van der Waals surface area (Å²) < 4.78 is 9.67. The van der Waals surface area contributed by atoms with Crippen molar-refractivity contribution in [1.82, 2.24) is 0 Å². The second-order valence-corrected chi connectivity index (χ2v) is 4.82. The van der Waals surface area contributed by atoms with E-state index in [1.807, 2.05) is 0 Å². The number of carbonyl (C=O) groups excluding carboxylic acids is 2. The van der Waals surface area contributed by atoms with Crippen LogP contribution in [-0.2, 0) is 9.47 Å². The van der Waals surface area contributed by atoms with Crippen molar-refractivity contribution in [3.8, 4) is 0 Å². The SMILES string of the molecule is CCCCCCOC(=O)c1ccc(C(=O)OC(O)CO)cc1. The highest BCUT2D eigenvalue weighted by molar-refractivity contribution is 5.93. The summed E-state index contributed by atoms with van der Waals surface area (Å²) in [5, 5.41) is 17.6. The largest absolute Gasteiger partial charge is 0.462 e. The molecule has 0 spiro atoms. The number of aliphatic hydroxyl groups is 2. The quantitative estimate of drug-likeness (QED) is 0.411. The summed E-state index contributed by atoms with van der Waals surface area (Å²) in [6, 6.07) is 5.72. The molecule has 1 aromatic carbocycles. The van der Waals surface area contributed by atoms with E-state index in [-0.39, 0.29) is 5.56 Å². The zero-order valence-electron chi connectivity index (χ0n) is 12.7. The molecule has 0 aliphatic heterocycles. The first-order chi connectivity index (χ1) is 10.6. The zero-order chi connectivity index (χ0) is 16.4. The Morgan fingerprint density at radius 1 is 1.05 bits per heavy atom. The van der Waals surface area contributed by atoms with Crippen LogP contribution >= 0.6 is 0 Å². The van der Waals surface area contributed by atoms with Gasteiger partial charge in [-0.05, 0) is 30.7 Å². The summed E-state index contributed by atoms with van der Waals surface area (Å²) in [6.45, 7) is 1.82. The molecule has 0 aromatic heterocycles. The minimum atomic E-state index is -1.56. The molecule has 1 unspecified atom stereocenters. The van der Waals surface area contributed by atoms with E-state index in [1.54, 1.807) is 0 Å². The summed E-state index contributed by atoms with van der Waals surface area (Å²) in [5.74, 6) is -1.21. The number of hydrogen-bond acceptors (Lipinski definition) is 6. The third-order valence-corrected chi connectivity index (χ3v) is 2.99.